The van der Waals surface area contributed by atoms with Crippen LogP contribution in [0.25, 0.3) is 16.6 Å². The summed E-state index contributed by atoms with van der Waals surface area (Å²) in [6.07, 6.45) is 2.29. The lowest BCUT2D eigenvalue weighted by molar-refractivity contribution is 0.103. The van der Waals surface area contributed by atoms with Gasteiger partial charge in [0, 0.05) is 17.0 Å². The van der Waals surface area contributed by atoms with Gasteiger partial charge in [0.15, 0.2) is 5.82 Å². The van der Waals surface area contributed by atoms with Crippen molar-refractivity contribution in [1.29, 1.82) is 0 Å². The molecule has 0 spiro atoms. The van der Waals surface area contributed by atoms with Crippen LogP contribution < -0.4 is 15.2 Å². The quantitative estimate of drug-likeness (QED) is 0.215. The van der Waals surface area contributed by atoms with Crippen molar-refractivity contribution in [1.82, 2.24) is 14.8 Å². The number of nitrogens with zero attached hydrogens (tertiary/aromatic N) is 2. The van der Waals surface area contributed by atoms with Crippen molar-refractivity contribution in [3.05, 3.63) is 95.3 Å². The van der Waals surface area contributed by atoms with Crippen LogP contribution in [-0.2, 0) is 10.0 Å². The average Bonchev–Trinajstić information content (AvgIpc) is 3.61. The Kier molecular flexibility index (Phi) is 6.06. The molecule has 2 heterocycles. The first-order valence-corrected chi connectivity index (χ1v) is 13.9. The first-order chi connectivity index (χ1) is 19.1. The molecule has 6 rings (SSSR count). The third-order valence-electron chi connectivity index (χ3n) is 6.64. The molecule has 204 valence electrons. The number of anilines is 2. The van der Waals surface area contributed by atoms with Gasteiger partial charge in [-0.1, -0.05) is 18.2 Å². The fourth-order valence-electron chi connectivity index (χ4n) is 4.48. The molecule has 4 N–H and O–H groups in total. The number of hydrogen-bond donors (Lipinski definition) is 3. The molecule has 1 aliphatic carbocycles. The Bertz CT molecular complexity index is 1870. The minimum atomic E-state index is -3.68. The van der Waals surface area contributed by atoms with Crippen LogP contribution in [0.4, 0.5) is 20.3 Å². The zero-order valence-corrected chi connectivity index (χ0v) is 21.9. The fourth-order valence-corrected chi connectivity index (χ4v) is 5.87. The van der Waals surface area contributed by atoms with Crippen LogP contribution in [0.2, 0.25) is 0 Å². The molecule has 12 heteroatoms. The zero-order valence-electron chi connectivity index (χ0n) is 21.1. The summed E-state index contributed by atoms with van der Waals surface area (Å²) in [5.41, 5.74) is 7.00. The lowest BCUT2D eigenvalue weighted by Gasteiger charge is -2.13. The van der Waals surface area contributed by atoms with E-state index in [1.54, 1.807) is 37.3 Å². The van der Waals surface area contributed by atoms with Crippen LogP contribution in [-0.4, -0.2) is 34.2 Å². The van der Waals surface area contributed by atoms with Crippen LogP contribution in [0.1, 0.15) is 34.5 Å². The summed E-state index contributed by atoms with van der Waals surface area (Å²) >= 11 is 0. The number of nitrogen functional groups attached to an aromatic ring is 1. The summed E-state index contributed by atoms with van der Waals surface area (Å²) in [6.45, 7) is 1.67. The molecule has 0 saturated heterocycles. The van der Waals surface area contributed by atoms with Gasteiger partial charge in [0.25, 0.3) is 0 Å². The largest absolute Gasteiger partial charge is 0.457 e. The van der Waals surface area contributed by atoms with Crippen molar-refractivity contribution in [3.8, 4) is 17.2 Å². The van der Waals surface area contributed by atoms with Gasteiger partial charge in [-0.3, -0.25) is 9.52 Å². The minimum absolute atomic E-state index is 0.00472. The van der Waals surface area contributed by atoms with Gasteiger partial charge in [-0.2, -0.15) is 5.10 Å². The smallest absolute Gasteiger partial charge is 0.235 e. The third kappa shape index (κ3) is 4.66. The molecule has 0 atom stereocenters. The van der Waals surface area contributed by atoms with Crippen molar-refractivity contribution in [3.63, 3.8) is 0 Å². The van der Waals surface area contributed by atoms with Gasteiger partial charge in [-0.15, -0.1) is 0 Å². The number of H-pyrrole nitrogens is 1. The number of carbonyl (C=O) groups is 1. The van der Waals surface area contributed by atoms with Crippen molar-refractivity contribution in [2.75, 3.05) is 10.5 Å². The molecule has 3 aromatic carbocycles. The molecule has 0 aliphatic heterocycles. The maximum Gasteiger partial charge on any atom is 0.235 e. The first kappa shape index (κ1) is 25.6. The third-order valence-corrected chi connectivity index (χ3v) is 8.49. The summed E-state index contributed by atoms with van der Waals surface area (Å²) in [5.74, 6) is -1.23. The van der Waals surface area contributed by atoms with E-state index in [1.165, 1.54) is 24.4 Å². The topological polar surface area (TPSA) is 132 Å². The highest BCUT2D eigenvalue weighted by Gasteiger charge is 2.36. The van der Waals surface area contributed by atoms with E-state index < -0.39 is 32.7 Å². The number of nitrogens with one attached hydrogen (secondary N) is 2. The van der Waals surface area contributed by atoms with Gasteiger partial charge < -0.3 is 15.5 Å². The molecule has 0 radical (unpaired) electrons. The maximum atomic E-state index is 15.2. The van der Waals surface area contributed by atoms with Crippen molar-refractivity contribution < 1.29 is 26.7 Å². The Morgan fingerprint density at radius 2 is 1.82 bits per heavy atom. The van der Waals surface area contributed by atoms with Gasteiger partial charge in [0.1, 0.15) is 28.8 Å². The molecule has 5 aromatic rings. The Labute approximate surface area is 227 Å². The van der Waals surface area contributed by atoms with Gasteiger partial charge in [0.05, 0.1) is 28.4 Å². The summed E-state index contributed by atoms with van der Waals surface area (Å²) in [5, 5.41) is 3.99. The highest BCUT2D eigenvalue weighted by Crippen LogP contribution is 2.33. The number of benzene rings is 3. The van der Waals surface area contributed by atoms with Crippen LogP contribution in [0.5, 0.6) is 11.5 Å². The first-order valence-electron chi connectivity index (χ1n) is 12.4. The molecule has 40 heavy (non-hydrogen) atoms. The van der Waals surface area contributed by atoms with E-state index in [4.69, 9.17) is 10.5 Å². The Morgan fingerprint density at radius 1 is 1.07 bits per heavy atom. The number of rotatable bonds is 8. The number of hydrogen-bond acceptors (Lipinski definition) is 6. The Balaban J connectivity index is 1.29. The van der Waals surface area contributed by atoms with Crippen molar-refractivity contribution in [2.24, 2.45) is 0 Å². The number of carbonyl (C=O) groups excluding carboxylic acids is 1. The van der Waals surface area contributed by atoms with E-state index in [-0.39, 0.29) is 34.2 Å². The van der Waals surface area contributed by atoms with E-state index in [9.17, 15) is 17.6 Å². The summed E-state index contributed by atoms with van der Waals surface area (Å²) < 4.78 is 63.5. The number of nitrogens with two attached hydrogens (primary N) is 1. The maximum absolute atomic E-state index is 15.2. The highest BCUT2D eigenvalue weighted by molar-refractivity contribution is 7.93. The van der Waals surface area contributed by atoms with Crippen molar-refractivity contribution in [2.45, 2.75) is 25.0 Å². The SMILES string of the molecule is Cc1cc(Oc2ccccc2)cc(F)c1-n1ncc(C(=O)c2cc3cc(F)c(NS(=O)(=O)C4CC4)cc3[nH]2)c1N. The number of ether oxygens (including phenoxy) is 1. The highest BCUT2D eigenvalue weighted by atomic mass is 32.2. The van der Waals surface area contributed by atoms with Gasteiger partial charge in [-0.25, -0.2) is 21.9 Å². The predicted molar refractivity (Wildman–Crippen MR) is 146 cm³/mol. The van der Waals surface area contributed by atoms with E-state index in [0.29, 0.717) is 35.1 Å². The number of aromatic amines is 1. The number of aromatic nitrogens is 3. The normalized spacial score (nSPS) is 13.5. The second-order valence-corrected chi connectivity index (χ2v) is 11.6. The molecule has 1 saturated carbocycles. The second kappa shape index (κ2) is 9.49. The van der Waals surface area contributed by atoms with E-state index >= 15 is 4.39 Å². The van der Waals surface area contributed by atoms with E-state index in [0.717, 1.165) is 10.7 Å². The second-order valence-electron chi connectivity index (χ2n) is 9.62. The van der Waals surface area contributed by atoms with E-state index in [2.05, 4.69) is 14.8 Å². The lowest BCUT2D eigenvalue weighted by Crippen LogP contribution is -2.18. The summed E-state index contributed by atoms with van der Waals surface area (Å²) in [7, 11) is -3.68. The molecule has 0 bridgehead atoms. The standard InChI is InChI=1S/C28H23F2N5O4S/c1-15-9-18(39-17-5-3-2-4-6-17)12-22(30)26(15)35-28(31)20(14-32-35)27(36)25-11-16-10-21(29)24(13-23(16)33-25)34-40(37,38)19-7-8-19/h2-6,9-14,19,33-34H,7-8,31H2,1H3. The molecular weight excluding hydrogens is 540 g/mol. The molecular formula is C28H23F2N5O4S. The predicted octanol–water partition coefficient (Wildman–Crippen LogP) is 5.45. The number of halogens is 2. The van der Waals surface area contributed by atoms with Crippen LogP contribution >= 0.6 is 0 Å². The number of ketones is 1. The van der Waals surface area contributed by atoms with Crippen LogP contribution in [0.3, 0.4) is 0 Å². The number of para-hydroxylation sites is 1. The van der Waals surface area contributed by atoms with E-state index in [1.807, 2.05) is 6.07 Å². The van der Waals surface area contributed by atoms with Crippen LogP contribution in [0.15, 0.2) is 66.9 Å². The zero-order chi connectivity index (χ0) is 28.2. The molecule has 2 aromatic heterocycles. The molecule has 0 amide bonds. The Hall–Kier alpha value is -4.71. The van der Waals surface area contributed by atoms with Crippen LogP contribution in [0, 0.1) is 18.6 Å². The van der Waals surface area contributed by atoms with Gasteiger partial charge in [-0.05, 0) is 61.7 Å². The minimum Gasteiger partial charge on any atom is -0.457 e. The molecule has 1 aliphatic rings. The molecule has 9 nitrogen and oxygen atoms in total. The van der Waals surface area contributed by atoms with Gasteiger partial charge in [0.2, 0.25) is 15.8 Å². The van der Waals surface area contributed by atoms with Gasteiger partial charge >= 0.3 is 0 Å². The Morgan fingerprint density at radius 3 is 2.52 bits per heavy atom. The lowest BCUT2D eigenvalue weighted by atomic mass is 10.1. The molecule has 0 unspecified atom stereocenters. The number of aryl methyl sites for hydroxylation is 1. The molecule has 1 fully saturated rings. The average molecular weight is 564 g/mol. The summed E-state index contributed by atoms with van der Waals surface area (Å²) in [4.78, 5) is 16.2. The van der Waals surface area contributed by atoms with Crippen molar-refractivity contribution >= 4 is 38.2 Å². The number of fused-ring (bicyclic) bond motifs is 1. The fraction of sp³-hybridized carbons (Fsp3) is 0.143. The monoisotopic (exact) mass is 563 g/mol. The number of sulfonamides is 1. The summed E-state index contributed by atoms with van der Waals surface area (Å²) in [6, 6.07) is 15.6.